The van der Waals surface area contributed by atoms with Crippen molar-refractivity contribution < 1.29 is 4.74 Å². The lowest BCUT2D eigenvalue weighted by Gasteiger charge is -2.29. The smallest absolute Gasteiger partial charge is 0.191 e. The van der Waals surface area contributed by atoms with E-state index in [9.17, 15) is 0 Å². The lowest BCUT2D eigenvalue weighted by atomic mass is 10.1. The molecule has 158 valence electrons. The highest BCUT2D eigenvalue weighted by Gasteiger charge is 2.24. The number of aromatic nitrogens is 3. The standard InChI is InChI=1S/C21H33N7O/c1-5-22-21(24-15-20-26-25-16(2)27(20)3)23-14-19(28-11-6-7-12-28)17-9-8-10-18(13-17)29-4/h8-10,13,19H,5-7,11-12,14-15H2,1-4H3,(H2,22,23,24). The van der Waals surface area contributed by atoms with Crippen LogP contribution in [0.5, 0.6) is 5.75 Å². The molecule has 1 unspecified atom stereocenters. The van der Waals surface area contributed by atoms with Gasteiger partial charge in [0.25, 0.3) is 0 Å². The predicted molar refractivity (Wildman–Crippen MR) is 115 cm³/mol. The highest BCUT2D eigenvalue weighted by molar-refractivity contribution is 5.79. The minimum atomic E-state index is 0.272. The molecule has 1 atom stereocenters. The Bertz CT molecular complexity index is 811. The van der Waals surface area contributed by atoms with Crippen LogP contribution in [0.4, 0.5) is 0 Å². The molecule has 2 N–H and O–H groups in total. The molecule has 1 aromatic heterocycles. The molecule has 3 rings (SSSR count). The van der Waals surface area contributed by atoms with E-state index in [-0.39, 0.29) is 6.04 Å². The van der Waals surface area contributed by atoms with E-state index in [1.807, 2.05) is 24.6 Å². The first-order valence-corrected chi connectivity index (χ1v) is 10.4. The molecule has 1 fully saturated rings. The van der Waals surface area contributed by atoms with E-state index in [0.717, 1.165) is 49.5 Å². The highest BCUT2D eigenvalue weighted by Crippen LogP contribution is 2.27. The van der Waals surface area contributed by atoms with Crippen LogP contribution in [0, 0.1) is 6.92 Å². The maximum absolute atomic E-state index is 5.44. The van der Waals surface area contributed by atoms with Crippen LogP contribution < -0.4 is 15.4 Å². The number of hydrogen-bond donors (Lipinski definition) is 2. The summed E-state index contributed by atoms with van der Waals surface area (Å²) in [5, 5.41) is 15.2. The molecule has 0 bridgehead atoms. The Balaban J connectivity index is 1.72. The summed E-state index contributed by atoms with van der Waals surface area (Å²) in [6, 6.07) is 8.64. The Morgan fingerprint density at radius 3 is 2.69 bits per heavy atom. The average Bonchev–Trinajstić information content (AvgIpc) is 3.38. The Morgan fingerprint density at radius 1 is 1.24 bits per heavy atom. The van der Waals surface area contributed by atoms with E-state index in [0.29, 0.717) is 6.54 Å². The van der Waals surface area contributed by atoms with Crippen LogP contribution in [0.3, 0.4) is 0 Å². The van der Waals surface area contributed by atoms with Gasteiger partial charge in [-0.15, -0.1) is 10.2 Å². The molecule has 2 aromatic rings. The average molecular weight is 400 g/mol. The molecule has 1 aliphatic heterocycles. The van der Waals surface area contributed by atoms with Crippen molar-refractivity contribution in [1.29, 1.82) is 0 Å². The fourth-order valence-electron chi connectivity index (χ4n) is 3.63. The van der Waals surface area contributed by atoms with Gasteiger partial charge in [0.05, 0.1) is 13.2 Å². The summed E-state index contributed by atoms with van der Waals surface area (Å²) >= 11 is 0. The van der Waals surface area contributed by atoms with Gasteiger partial charge in [0, 0.05) is 20.1 Å². The van der Waals surface area contributed by atoms with E-state index in [1.165, 1.54) is 18.4 Å². The van der Waals surface area contributed by atoms with Crippen LogP contribution in [-0.2, 0) is 13.6 Å². The first kappa shape index (κ1) is 21.1. The molecule has 29 heavy (non-hydrogen) atoms. The number of hydrogen-bond acceptors (Lipinski definition) is 5. The Labute approximate surface area is 173 Å². The van der Waals surface area contributed by atoms with E-state index in [2.05, 4.69) is 50.9 Å². The first-order valence-electron chi connectivity index (χ1n) is 10.4. The minimum absolute atomic E-state index is 0.272. The number of rotatable bonds is 8. The number of nitrogens with one attached hydrogen (secondary N) is 2. The molecule has 1 saturated heterocycles. The number of aryl methyl sites for hydroxylation is 1. The van der Waals surface area contributed by atoms with Gasteiger partial charge in [0.2, 0.25) is 0 Å². The monoisotopic (exact) mass is 399 g/mol. The van der Waals surface area contributed by atoms with Gasteiger partial charge in [0.15, 0.2) is 11.8 Å². The van der Waals surface area contributed by atoms with Gasteiger partial charge in [-0.1, -0.05) is 12.1 Å². The molecule has 0 radical (unpaired) electrons. The Kier molecular flexibility index (Phi) is 7.46. The van der Waals surface area contributed by atoms with Gasteiger partial charge in [-0.3, -0.25) is 4.90 Å². The van der Waals surface area contributed by atoms with E-state index < -0.39 is 0 Å². The van der Waals surface area contributed by atoms with Crippen molar-refractivity contribution in [2.75, 3.05) is 33.3 Å². The largest absolute Gasteiger partial charge is 0.497 e. The second-order valence-corrected chi connectivity index (χ2v) is 7.33. The van der Waals surface area contributed by atoms with Crippen LogP contribution in [0.2, 0.25) is 0 Å². The van der Waals surface area contributed by atoms with Gasteiger partial charge < -0.3 is 19.9 Å². The predicted octanol–water partition coefficient (Wildman–Crippen LogP) is 2.02. The van der Waals surface area contributed by atoms with Crippen molar-refractivity contribution in [3.05, 3.63) is 41.5 Å². The molecule has 8 nitrogen and oxygen atoms in total. The number of aliphatic imine (C=N–C) groups is 1. The molecular weight excluding hydrogens is 366 g/mol. The molecule has 0 saturated carbocycles. The number of methoxy groups -OCH3 is 1. The van der Waals surface area contributed by atoms with Crippen molar-refractivity contribution in [2.45, 2.75) is 39.3 Å². The maximum Gasteiger partial charge on any atom is 0.191 e. The summed E-state index contributed by atoms with van der Waals surface area (Å²) in [7, 11) is 3.68. The zero-order valence-corrected chi connectivity index (χ0v) is 18.0. The second-order valence-electron chi connectivity index (χ2n) is 7.33. The number of likely N-dealkylation sites (tertiary alicyclic amines) is 1. The number of nitrogens with zero attached hydrogens (tertiary/aromatic N) is 5. The SMILES string of the molecule is CCNC(=NCc1nnc(C)n1C)NCC(c1cccc(OC)c1)N1CCCC1. The molecular formula is C21H33N7O. The number of ether oxygens (including phenoxy) is 1. The van der Waals surface area contributed by atoms with Crippen molar-refractivity contribution in [2.24, 2.45) is 12.0 Å². The van der Waals surface area contributed by atoms with Gasteiger partial charge in [-0.05, 0) is 57.5 Å². The second kappa shape index (κ2) is 10.2. The first-order chi connectivity index (χ1) is 14.1. The number of benzene rings is 1. The molecule has 0 aliphatic carbocycles. The van der Waals surface area contributed by atoms with Gasteiger partial charge in [0.1, 0.15) is 18.1 Å². The van der Waals surface area contributed by atoms with E-state index in [4.69, 9.17) is 9.73 Å². The lowest BCUT2D eigenvalue weighted by Crippen LogP contribution is -2.42. The summed E-state index contributed by atoms with van der Waals surface area (Å²) in [6.45, 7) is 8.32. The lowest BCUT2D eigenvalue weighted by molar-refractivity contribution is 0.245. The Morgan fingerprint density at radius 2 is 2.03 bits per heavy atom. The molecule has 8 heteroatoms. The van der Waals surface area contributed by atoms with Crippen LogP contribution >= 0.6 is 0 Å². The molecule has 1 aromatic carbocycles. The molecule has 1 aliphatic rings. The van der Waals surface area contributed by atoms with Crippen molar-refractivity contribution >= 4 is 5.96 Å². The fraction of sp³-hybridized carbons (Fsp3) is 0.571. The van der Waals surface area contributed by atoms with Crippen molar-refractivity contribution in [3.63, 3.8) is 0 Å². The third-order valence-electron chi connectivity index (χ3n) is 5.43. The molecule has 0 spiro atoms. The quantitative estimate of drug-likeness (QED) is 0.522. The van der Waals surface area contributed by atoms with Gasteiger partial charge in [-0.2, -0.15) is 0 Å². The zero-order chi connectivity index (χ0) is 20.6. The van der Waals surface area contributed by atoms with E-state index >= 15 is 0 Å². The Hall–Kier alpha value is -2.61. The maximum atomic E-state index is 5.44. The molecule has 2 heterocycles. The van der Waals surface area contributed by atoms with E-state index in [1.54, 1.807) is 7.11 Å². The third-order valence-corrected chi connectivity index (χ3v) is 5.43. The normalized spacial score (nSPS) is 16.1. The van der Waals surface area contributed by atoms with Crippen LogP contribution in [0.15, 0.2) is 29.3 Å². The third kappa shape index (κ3) is 5.47. The van der Waals surface area contributed by atoms with Crippen LogP contribution in [-0.4, -0.2) is 58.9 Å². The summed E-state index contributed by atoms with van der Waals surface area (Å²) in [5.74, 6) is 3.43. The van der Waals surface area contributed by atoms with Crippen LogP contribution in [0.1, 0.15) is 43.0 Å². The van der Waals surface area contributed by atoms with Gasteiger partial charge in [-0.25, -0.2) is 4.99 Å². The van der Waals surface area contributed by atoms with Gasteiger partial charge >= 0.3 is 0 Å². The van der Waals surface area contributed by atoms with Crippen molar-refractivity contribution in [1.82, 2.24) is 30.3 Å². The molecule has 0 amide bonds. The van der Waals surface area contributed by atoms with Crippen molar-refractivity contribution in [3.8, 4) is 5.75 Å². The summed E-state index contributed by atoms with van der Waals surface area (Å²) < 4.78 is 7.41. The highest BCUT2D eigenvalue weighted by atomic mass is 16.5. The zero-order valence-electron chi connectivity index (χ0n) is 18.0. The van der Waals surface area contributed by atoms with Crippen LogP contribution in [0.25, 0.3) is 0 Å². The fourth-order valence-corrected chi connectivity index (χ4v) is 3.63. The minimum Gasteiger partial charge on any atom is -0.497 e. The summed E-state index contributed by atoms with van der Waals surface area (Å²) in [6.07, 6.45) is 2.50. The summed E-state index contributed by atoms with van der Waals surface area (Å²) in [4.78, 5) is 7.25. The number of guanidine groups is 1. The summed E-state index contributed by atoms with van der Waals surface area (Å²) in [5.41, 5.74) is 1.26. The topological polar surface area (TPSA) is 79.6 Å².